The third-order valence-corrected chi connectivity index (χ3v) is 8.79. The van der Waals surface area contributed by atoms with E-state index in [1.54, 1.807) is 71.5 Å². The molecule has 0 N–H and O–H groups in total. The first-order chi connectivity index (χ1) is 23.8. The van der Waals surface area contributed by atoms with Gasteiger partial charge in [0.25, 0.3) is 0 Å². The topological polar surface area (TPSA) is 72.3 Å². The molecule has 12 heteroatoms. The summed E-state index contributed by atoms with van der Waals surface area (Å²) in [4.78, 5) is 13.6. The molecule has 0 saturated heterocycles. The van der Waals surface area contributed by atoms with Gasteiger partial charge < -0.3 is 9.13 Å². The summed E-state index contributed by atoms with van der Waals surface area (Å²) in [5.41, 5.74) is 0.623. The Hall–Kier alpha value is -6.22. The first-order valence-electron chi connectivity index (χ1n) is 15.3. The molecule has 50 heavy (non-hydrogen) atoms. The molecule has 0 saturated carbocycles. The fraction of sp³-hybridized carbons (Fsp3) is 0.105. The number of para-hydroxylation sites is 2. The molecule has 0 atom stereocenters. The lowest BCUT2D eigenvalue weighted by molar-refractivity contribution is -0.138. The standard InChI is InChI=1S/C38H22F6N6/c1-20-46-21(2)48-36(47-20)35-33(49-29-9-5-3-7-25(29)27-13-11-23(17-31(27)49)37(39,40)41)15-22(19-45)16-34(35)50-30-10-6-4-8-26(30)28-14-12-24(18-32(28)50)38(42,43)44/h3-18H,1-2H3. The van der Waals surface area contributed by atoms with Gasteiger partial charge in [-0.2, -0.15) is 31.6 Å². The van der Waals surface area contributed by atoms with E-state index in [-0.39, 0.29) is 39.4 Å². The van der Waals surface area contributed by atoms with Crippen LogP contribution in [0.25, 0.3) is 66.4 Å². The molecule has 6 nitrogen and oxygen atoms in total. The van der Waals surface area contributed by atoms with Gasteiger partial charge in [0.2, 0.25) is 0 Å². The average Bonchev–Trinajstić information content (AvgIpc) is 3.58. The van der Waals surface area contributed by atoms with Gasteiger partial charge in [0.15, 0.2) is 5.82 Å². The van der Waals surface area contributed by atoms with Gasteiger partial charge in [0, 0.05) is 21.5 Å². The van der Waals surface area contributed by atoms with Crippen molar-refractivity contribution in [2.45, 2.75) is 26.2 Å². The van der Waals surface area contributed by atoms with Gasteiger partial charge in [-0.3, -0.25) is 0 Å². The predicted molar refractivity (Wildman–Crippen MR) is 178 cm³/mol. The van der Waals surface area contributed by atoms with Gasteiger partial charge in [-0.05, 0) is 62.4 Å². The monoisotopic (exact) mass is 676 g/mol. The maximum Gasteiger partial charge on any atom is 0.416 e. The smallest absolute Gasteiger partial charge is 0.308 e. The van der Waals surface area contributed by atoms with Crippen LogP contribution in [-0.2, 0) is 12.4 Å². The molecule has 3 aromatic heterocycles. The second-order valence-electron chi connectivity index (χ2n) is 11.9. The summed E-state index contributed by atoms with van der Waals surface area (Å²) >= 11 is 0. The summed E-state index contributed by atoms with van der Waals surface area (Å²) < 4.78 is 88.2. The molecule has 0 fully saturated rings. The summed E-state index contributed by atoms with van der Waals surface area (Å²) in [6, 6.07) is 26.3. The molecule has 3 heterocycles. The van der Waals surface area contributed by atoms with E-state index >= 15 is 0 Å². The van der Waals surface area contributed by atoms with Crippen LogP contribution in [0.3, 0.4) is 0 Å². The molecule has 8 rings (SSSR count). The number of alkyl halides is 6. The predicted octanol–water partition coefficient (Wildman–Crippen LogP) is 10.3. The molecule has 0 bridgehead atoms. The quantitative estimate of drug-likeness (QED) is 0.175. The summed E-state index contributed by atoms with van der Waals surface area (Å²) in [7, 11) is 0. The third kappa shape index (κ3) is 4.84. The molecule has 0 spiro atoms. The second kappa shape index (κ2) is 10.9. The van der Waals surface area contributed by atoms with Crippen molar-refractivity contribution in [2.75, 3.05) is 0 Å². The highest BCUT2D eigenvalue weighted by Gasteiger charge is 2.33. The minimum absolute atomic E-state index is 0.108. The van der Waals surface area contributed by atoms with Crippen molar-refractivity contribution in [1.82, 2.24) is 24.1 Å². The largest absolute Gasteiger partial charge is 0.416 e. The Kier molecular flexibility index (Phi) is 6.77. The number of aryl methyl sites for hydroxylation is 2. The molecule has 8 aromatic rings. The van der Waals surface area contributed by atoms with Crippen LogP contribution in [0.5, 0.6) is 0 Å². The first kappa shape index (κ1) is 31.1. The molecule has 0 aliphatic heterocycles. The van der Waals surface area contributed by atoms with Crippen LogP contribution in [0.1, 0.15) is 28.3 Å². The molecule has 0 radical (unpaired) electrons. The van der Waals surface area contributed by atoms with Crippen LogP contribution < -0.4 is 0 Å². The number of rotatable bonds is 3. The highest BCUT2D eigenvalue weighted by molar-refractivity contribution is 6.12. The van der Waals surface area contributed by atoms with Crippen LogP contribution in [0.4, 0.5) is 26.3 Å². The number of hydrogen-bond acceptors (Lipinski definition) is 4. The highest BCUT2D eigenvalue weighted by atomic mass is 19.4. The fourth-order valence-electron chi connectivity index (χ4n) is 6.80. The van der Waals surface area contributed by atoms with E-state index in [2.05, 4.69) is 21.0 Å². The summed E-state index contributed by atoms with van der Waals surface area (Å²) in [6.07, 6.45) is -9.31. The van der Waals surface area contributed by atoms with Crippen molar-refractivity contribution in [2.24, 2.45) is 0 Å². The van der Waals surface area contributed by atoms with E-state index < -0.39 is 23.5 Å². The van der Waals surface area contributed by atoms with Crippen LogP contribution in [-0.4, -0.2) is 24.1 Å². The SMILES string of the molecule is Cc1nc(C)nc(-c2c(-n3c4ccccc4c4ccc(C(F)(F)F)cc43)cc(C#N)cc2-n2c3ccccc3c3ccc(C(F)(F)F)cc32)n1. The van der Waals surface area contributed by atoms with Crippen LogP contribution in [0, 0.1) is 25.2 Å². The average molecular weight is 677 g/mol. The van der Waals surface area contributed by atoms with Gasteiger partial charge in [-0.25, -0.2) is 15.0 Å². The summed E-state index contributed by atoms with van der Waals surface area (Å²) in [6.45, 7) is 3.32. The molecule has 0 aliphatic carbocycles. The molecule has 5 aromatic carbocycles. The Balaban J connectivity index is 1.61. The molecular weight excluding hydrogens is 654 g/mol. The molecule has 246 valence electrons. The maximum atomic E-state index is 14.2. The minimum Gasteiger partial charge on any atom is -0.308 e. The van der Waals surface area contributed by atoms with Crippen molar-refractivity contribution in [1.29, 1.82) is 5.26 Å². The molecule has 0 aliphatic rings. The van der Waals surface area contributed by atoms with Gasteiger partial charge in [-0.15, -0.1) is 0 Å². The van der Waals surface area contributed by atoms with E-state index in [1.165, 1.54) is 24.3 Å². The zero-order chi connectivity index (χ0) is 35.1. The van der Waals surface area contributed by atoms with E-state index in [1.807, 2.05) is 0 Å². The van der Waals surface area contributed by atoms with E-state index in [0.717, 1.165) is 24.3 Å². The van der Waals surface area contributed by atoms with E-state index in [4.69, 9.17) is 0 Å². The van der Waals surface area contributed by atoms with Crippen LogP contribution >= 0.6 is 0 Å². The minimum atomic E-state index is -4.65. The Bertz CT molecular complexity index is 2560. The zero-order valence-electron chi connectivity index (χ0n) is 26.2. The third-order valence-electron chi connectivity index (χ3n) is 8.79. The number of benzene rings is 5. The molecule has 0 unspecified atom stereocenters. The number of halogens is 6. The van der Waals surface area contributed by atoms with Gasteiger partial charge >= 0.3 is 12.4 Å². The van der Waals surface area contributed by atoms with Crippen molar-refractivity contribution >= 4 is 43.6 Å². The number of fused-ring (bicyclic) bond motifs is 6. The molecular formula is C38H22F6N6. The lowest BCUT2D eigenvalue weighted by Crippen LogP contribution is -2.09. The maximum absolute atomic E-state index is 14.2. The van der Waals surface area contributed by atoms with Crippen LogP contribution in [0.2, 0.25) is 0 Å². The number of nitriles is 1. The Morgan fingerprint density at radius 3 is 1.38 bits per heavy atom. The Labute approximate surface area is 279 Å². The Morgan fingerprint density at radius 2 is 0.960 bits per heavy atom. The Morgan fingerprint density at radius 1 is 0.540 bits per heavy atom. The van der Waals surface area contributed by atoms with Gasteiger partial charge in [0.05, 0.1) is 61.8 Å². The summed E-state index contributed by atoms with van der Waals surface area (Å²) in [5, 5.41) is 12.7. The summed E-state index contributed by atoms with van der Waals surface area (Å²) in [5.74, 6) is 0.814. The van der Waals surface area contributed by atoms with Gasteiger partial charge in [-0.1, -0.05) is 48.5 Å². The van der Waals surface area contributed by atoms with Crippen LogP contribution in [0.15, 0.2) is 97.1 Å². The van der Waals surface area contributed by atoms with E-state index in [0.29, 0.717) is 44.2 Å². The number of nitrogens with zero attached hydrogens (tertiary/aromatic N) is 6. The van der Waals surface area contributed by atoms with Crippen molar-refractivity contribution in [3.05, 3.63) is 125 Å². The number of aromatic nitrogens is 5. The highest BCUT2D eigenvalue weighted by Crippen LogP contribution is 2.44. The molecule has 0 amide bonds. The lowest BCUT2D eigenvalue weighted by atomic mass is 10.0. The lowest BCUT2D eigenvalue weighted by Gasteiger charge is -2.20. The second-order valence-corrected chi connectivity index (χ2v) is 11.9. The first-order valence-corrected chi connectivity index (χ1v) is 15.3. The normalized spacial score (nSPS) is 12.4. The van der Waals surface area contributed by atoms with Crippen molar-refractivity contribution < 1.29 is 26.3 Å². The van der Waals surface area contributed by atoms with E-state index in [9.17, 15) is 31.6 Å². The van der Waals surface area contributed by atoms with Crippen molar-refractivity contribution in [3.63, 3.8) is 0 Å². The van der Waals surface area contributed by atoms with Gasteiger partial charge in [0.1, 0.15) is 11.6 Å². The van der Waals surface area contributed by atoms with Crippen molar-refractivity contribution in [3.8, 4) is 28.8 Å². The zero-order valence-corrected chi connectivity index (χ0v) is 26.2. The number of hydrogen-bond donors (Lipinski definition) is 0. The fourth-order valence-corrected chi connectivity index (χ4v) is 6.80.